The molecule has 0 aliphatic heterocycles. The second-order valence-electron chi connectivity index (χ2n) is 6.89. The van der Waals surface area contributed by atoms with Crippen molar-refractivity contribution in [3.63, 3.8) is 0 Å². The highest BCUT2D eigenvalue weighted by Gasteiger charge is 2.33. The number of hydrogen-bond acceptors (Lipinski definition) is 5. The van der Waals surface area contributed by atoms with Gasteiger partial charge in [-0.1, -0.05) is 66.2 Å². The predicted molar refractivity (Wildman–Crippen MR) is 113 cm³/mol. The summed E-state index contributed by atoms with van der Waals surface area (Å²) in [5, 5.41) is 2.48. The molecule has 0 aromatic heterocycles. The molecule has 154 valence electrons. The predicted octanol–water partition coefficient (Wildman–Crippen LogP) is 3.59. The number of nitrogens with one attached hydrogen (secondary N) is 1. The first kappa shape index (κ1) is 20.5. The molecule has 1 amide bonds. The van der Waals surface area contributed by atoms with E-state index in [-0.39, 0.29) is 33.1 Å². The molecule has 0 unspecified atom stereocenters. The van der Waals surface area contributed by atoms with Gasteiger partial charge in [0.05, 0.1) is 16.1 Å². The molecule has 1 N–H and O–H groups in total. The van der Waals surface area contributed by atoms with Gasteiger partial charge in [-0.15, -0.1) is 0 Å². The van der Waals surface area contributed by atoms with Crippen molar-refractivity contribution >= 4 is 35.0 Å². The van der Waals surface area contributed by atoms with Crippen molar-refractivity contribution in [3.05, 3.63) is 105 Å². The number of fused-ring (bicyclic) bond motifs is 2. The number of ether oxygens (including phenoxy) is 1. The van der Waals surface area contributed by atoms with E-state index in [9.17, 15) is 19.2 Å². The number of carbonyl (C=O) groups excluding carboxylic acids is 4. The fraction of sp³-hybridized carbons (Fsp3) is 0.0833. The molecule has 0 bridgehead atoms. The van der Waals surface area contributed by atoms with Crippen LogP contribution in [0, 0.1) is 0 Å². The third-order valence-corrected chi connectivity index (χ3v) is 5.31. The molecule has 1 aliphatic carbocycles. The van der Waals surface area contributed by atoms with E-state index in [1.807, 2.05) is 30.3 Å². The Kier molecular flexibility index (Phi) is 5.64. The lowest BCUT2D eigenvalue weighted by Crippen LogP contribution is -2.28. The molecule has 0 saturated heterocycles. The fourth-order valence-electron chi connectivity index (χ4n) is 3.36. The van der Waals surface area contributed by atoms with Gasteiger partial charge < -0.3 is 10.1 Å². The molecule has 0 spiro atoms. The number of esters is 1. The van der Waals surface area contributed by atoms with Crippen LogP contribution in [0.4, 0.5) is 0 Å². The fourth-order valence-corrected chi connectivity index (χ4v) is 3.69. The van der Waals surface area contributed by atoms with Gasteiger partial charge in [0.25, 0.3) is 5.91 Å². The lowest BCUT2D eigenvalue weighted by atomic mass is 9.83. The Hall–Kier alpha value is -3.77. The van der Waals surface area contributed by atoms with Crippen LogP contribution < -0.4 is 5.32 Å². The molecule has 31 heavy (non-hydrogen) atoms. The van der Waals surface area contributed by atoms with Gasteiger partial charge in [0.2, 0.25) is 0 Å². The SMILES string of the molecule is O=C(COC(=O)c1ccc2c(c1Cl)C(=O)c1ccccc1C2=O)NCc1ccccc1. The highest BCUT2D eigenvalue weighted by atomic mass is 35.5. The quantitative estimate of drug-likeness (QED) is 0.486. The first-order valence-electron chi connectivity index (χ1n) is 9.46. The van der Waals surface area contributed by atoms with Crippen LogP contribution in [0.1, 0.15) is 47.8 Å². The van der Waals surface area contributed by atoms with Crippen LogP contribution in [-0.4, -0.2) is 30.0 Å². The molecule has 0 saturated carbocycles. The van der Waals surface area contributed by atoms with Crippen molar-refractivity contribution in [2.45, 2.75) is 6.54 Å². The van der Waals surface area contributed by atoms with Gasteiger partial charge >= 0.3 is 5.97 Å². The van der Waals surface area contributed by atoms with E-state index in [2.05, 4.69) is 5.32 Å². The zero-order valence-electron chi connectivity index (χ0n) is 16.2. The minimum absolute atomic E-state index is 0.0339. The van der Waals surface area contributed by atoms with E-state index in [0.717, 1.165) is 5.56 Å². The number of benzene rings is 3. The summed E-state index contributed by atoms with van der Waals surface area (Å²) in [6, 6.07) is 18.4. The largest absolute Gasteiger partial charge is 0.452 e. The average Bonchev–Trinajstić information content (AvgIpc) is 2.80. The lowest BCUT2D eigenvalue weighted by Gasteiger charge is -2.19. The van der Waals surface area contributed by atoms with Gasteiger partial charge in [-0.3, -0.25) is 14.4 Å². The van der Waals surface area contributed by atoms with Gasteiger partial charge in [0.15, 0.2) is 18.2 Å². The van der Waals surface area contributed by atoms with Crippen LogP contribution in [0.5, 0.6) is 0 Å². The number of rotatable bonds is 5. The second kappa shape index (κ2) is 8.53. The van der Waals surface area contributed by atoms with E-state index in [4.69, 9.17) is 16.3 Å². The minimum atomic E-state index is -0.859. The highest BCUT2D eigenvalue weighted by Crippen LogP contribution is 2.34. The van der Waals surface area contributed by atoms with Gasteiger partial charge in [-0.25, -0.2) is 4.79 Å². The van der Waals surface area contributed by atoms with Gasteiger partial charge in [-0.05, 0) is 17.7 Å². The van der Waals surface area contributed by atoms with Crippen LogP contribution in [0.15, 0.2) is 66.7 Å². The summed E-state index contributed by atoms with van der Waals surface area (Å²) in [7, 11) is 0. The van der Waals surface area contributed by atoms with Crippen LogP contribution in [0.3, 0.4) is 0 Å². The molecule has 4 rings (SSSR count). The molecule has 3 aromatic carbocycles. The molecule has 0 heterocycles. The maximum Gasteiger partial charge on any atom is 0.340 e. The Morgan fingerprint density at radius 3 is 2.16 bits per heavy atom. The molecular weight excluding hydrogens is 418 g/mol. The summed E-state index contributed by atoms with van der Waals surface area (Å²) in [6.45, 7) is -0.207. The Morgan fingerprint density at radius 2 is 1.45 bits per heavy atom. The maximum atomic E-state index is 12.9. The summed E-state index contributed by atoms with van der Waals surface area (Å²) in [4.78, 5) is 50.1. The number of hydrogen-bond donors (Lipinski definition) is 1. The van der Waals surface area contributed by atoms with E-state index < -0.39 is 24.3 Å². The highest BCUT2D eigenvalue weighted by molar-refractivity contribution is 6.41. The molecule has 0 atom stereocenters. The van der Waals surface area contributed by atoms with Gasteiger partial charge in [-0.2, -0.15) is 0 Å². The minimum Gasteiger partial charge on any atom is -0.452 e. The zero-order valence-corrected chi connectivity index (χ0v) is 16.9. The summed E-state index contributed by atoms with van der Waals surface area (Å²) >= 11 is 6.33. The van der Waals surface area contributed by atoms with Crippen molar-refractivity contribution < 1.29 is 23.9 Å². The van der Waals surface area contributed by atoms with E-state index in [1.165, 1.54) is 18.2 Å². The van der Waals surface area contributed by atoms with Crippen molar-refractivity contribution in [2.75, 3.05) is 6.61 Å². The van der Waals surface area contributed by atoms with Gasteiger partial charge in [0.1, 0.15) is 0 Å². The summed E-state index contributed by atoms with van der Waals surface area (Å²) in [5.74, 6) is -2.12. The number of halogens is 1. The second-order valence-corrected chi connectivity index (χ2v) is 7.27. The standard InChI is InChI=1S/C24H16ClNO5/c25-21-18(24(30)31-13-19(27)26-12-14-6-2-1-3-7-14)11-10-17-20(21)23(29)16-9-5-4-8-15(16)22(17)28/h1-11H,12-13H2,(H,26,27). The summed E-state index contributed by atoms with van der Waals surface area (Å²) in [5.41, 5.74) is 1.44. The Labute approximate surface area is 182 Å². The van der Waals surface area contributed by atoms with E-state index in [0.29, 0.717) is 12.1 Å². The average molecular weight is 434 g/mol. The first-order valence-corrected chi connectivity index (χ1v) is 9.84. The van der Waals surface area contributed by atoms with Gasteiger partial charge in [0, 0.05) is 23.2 Å². The topological polar surface area (TPSA) is 89.5 Å². The smallest absolute Gasteiger partial charge is 0.340 e. The molecule has 0 radical (unpaired) electrons. The Morgan fingerprint density at radius 1 is 0.806 bits per heavy atom. The Balaban J connectivity index is 1.48. The molecule has 3 aromatic rings. The van der Waals surface area contributed by atoms with Crippen molar-refractivity contribution in [1.29, 1.82) is 0 Å². The summed E-state index contributed by atoms with van der Waals surface area (Å²) < 4.78 is 5.05. The Bertz CT molecular complexity index is 1220. The van der Waals surface area contributed by atoms with E-state index in [1.54, 1.807) is 18.2 Å². The normalized spacial score (nSPS) is 12.0. The molecule has 7 heteroatoms. The van der Waals surface area contributed by atoms with Crippen molar-refractivity contribution in [1.82, 2.24) is 5.32 Å². The third-order valence-electron chi connectivity index (χ3n) is 4.92. The van der Waals surface area contributed by atoms with E-state index >= 15 is 0 Å². The third kappa shape index (κ3) is 3.98. The first-order chi connectivity index (χ1) is 15.0. The molecular formula is C24H16ClNO5. The van der Waals surface area contributed by atoms with Crippen LogP contribution in [-0.2, 0) is 16.1 Å². The lowest BCUT2D eigenvalue weighted by molar-refractivity contribution is -0.124. The van der Waals surface area contributed by atoms with Crippen LogP contribution >= 0.6 is 11.6 Å². The van der Waals surface area contributed by atoms with Crippen molar-refractivity contribution in [3.8, 4) is 0 Å². The molecule has 0 fully saturated rings. The number of amides is 1. The molecule has 1 aliphatic rings. The van der Waals surface area contributed by atoms with Crippen LogP contribution in [0.2, 0.25) is 5.02 Å². The number of carbonyl (C=O) groups is 4. The zero-order chi connectivity index (χ0) is 22.0. The maximum absolute atomic E-state index is 12.9. The molecule has 6 nitrogen and oxygen atoms in total. The van der Waals surface area contributed by atoms with Crippen LogP contribution in [0.25, 0.3) is 0 Å². The summed E-state index contributed by atoms with van der Waals surface area (Å²) in [6.07, 6.45) is 0. The number of ketones is 2. The van der Waals surface area contributed by atoms with Crippen molar-refractivity contribution in [2.24, 2.45) is 0 Å². The monoisotopic (exact) mass is 433 g/mol.